The molecule has 0 aliphatic carbocycles. The summed E-state index contributed by atoms with van der Waals surface area (Å²) in [4.78, 5) is 6.52. The lowest BCUT2D eigenvalue weighted by molar-refractivity contribution is 1.09. The molecule has 0 saturated heterocycles. The Kier molecular flexibility index (Phi) is 3.00. The molecule has 1 aromatic heterocycles. The summed E-state index contributed by atoms with van der Waals surface area (Å²) >= 11 is 0. The lowest BCUT2D eigenvalue weighted by Gasteiger charge is -2.22. The Morgan fingerprint density at radius 2 is 1.76 bits per heavy atom. The number of benzene rings is 1. The topological polar surface area (TPSA) is 42.1 Å². The van der Waals surface area contributed by atoms with Crippen LogP contribution in [0.5, 0.6) is 0 Å². The highest BCUT2D eigenvalue weighted by atomic mass is 15.2. The number of hydrogen-bond acceptors (Lipinski definition) is 3. The number of para-hydroxylation sites is 1. The Morgan fingerprint density at radius 1 is 1.06 bits per heavy atom. The molecule has 2 rings (SSSR count). The van der Waals surface area contributed by atoms with Crippen LogP contribution in [0.2, 0.25) is 0 Å². The predicted octanol–water partition coefficient (Wildman–Crippen LogP) is 3.05. The maximum Gasteiger partial charge on any atom is 0.156 e. The number of hydrogen-bond donors (Lipinski definition) is 1. The van der Waals surface area contributed by atoms with Gasteiger partial charge in [-0.05, 0) is 37.6 Å². The van der Waals surface area contributed by atoms with E-state index in [2.05, 4.69) is 24.0 Å². The monoisotopic (exact) mass is 227 g/mol. The Bertz CT molecular complexity index is 535. The Hall–Kier alpha value is -2.03. The third-order valence-electron chi connectivity index (χ3n) is 2.84. The summed E-state index contributed by atoms with van der Waals surface area (Å²) in [6.07, 6.45) is 0. The fraction of sp³-hybridized carbons (Fsp3) is 0.214. The quantitative estimate of drug-likeness (QED) is 0.857. The van der Waals surface area contributed by atoms with Crippen molar-refractivity contribution < 1.29 is 0 Å². The van der Waals surface area contributed by atoms with Crippen molar-refractivity contribution in [1.82, 2.24) is 4.98 Å². The maximum absolute atomic E-state index is 5.97. The first-order valence-electron chi connectivity index (χ1n) is 5.62. The molecular formula is C14H17N3. The number of nitrogens with zero attached hydrogens (tertiary/aromatic N) is 2. The fourth-order valence-electron chi connectivity index (χ4n) is 1.88. The number of nitrogens with two attached hydrogens (primary N) is 1. The molecule has 0 saturated carbocycles. The molecule has 1 aromatic carbocycles. The maximum atomic E-state index is 5.97. The zero-order valence-electron chi connectivity index (χ0n) is 10.4. The molecule has 3 nitrogen and oxygen atoms in total. The lowest BCUT2D eigenvalue weighted by Crippen LogP contribution is -2.14. The second-order valence-electron chi connectivity index (χ2n) is 4.21. The summed E-state index contributed by atoms with van der Waals surface area (Å²) in [5, 5.41) is 0. The first-order valence-corrected chi connectivity index (χ1v) is 5.62. The summed E-state index contributed by atoms with van der Waals surface area (Å²) in [5.41, 5.74) is 9.97. The Morgan fingerprint density at radius 3 is 2.47 bits per heavy atom. The summed E-state index contributed by atoms with van der Waals surface area (Å²) < 4.78 is 0. The van der Waals surface area contributed by atoms with Gasteiger partial charge in [-0.25, -0.2) is 4.98 Å². The minimum Gasteiger partial charge on any atom is -0.396 e. The molecule has 0 aliphatic heterocycles. The third kappa shape index (κ3) is 2.23. The number of anilines is 3. The van der Waals surface area contributed by atoms with E-state index >= 15 is 0 Å². The summed E-state index contributed by atoms with van der Waals surface area (Å²) in [5.74, 6) is 0.805. The highest BCUT2D eigenvalue weighted by Gasteiger charge is 2.10. The van der Waals surface area contributed by atoms with Crippen molar-refractivity contribution in [3.05, 3.63) is 47.7 Å². The molecule has 2 N–H and O–H groups in total. The second kappa shape index (κ2) is 4.45. The van der Waals surface area contributed by atoms with Gasteiger partial charge in [0.2, 0.25) is 0 Å². The van der Waals surface area contributed by atoms with E-state index in [-0.39, 0.29) is 0 Å². The summed E-state index contributed by atoms with van der Waals surface area (Å²) in [6.45, 7) is 4.05. The molecule has 0 radical (unpaired) electrons. The molecule has 0 spiro atoms. The van der Waals surface area contributed by atoms with Crippen LogP contribution >= 0.6 is 0 Å². The normalized spacial score (nSPS) is 10.3. The zero-order valence-corrected chi connectivity index (χ0v) is 10.4. The molecule has 0 amide bonds. The van der Waals surface area contributed by atoms with Crippen LogP contribution in [0.3, 0.4) is 0 Å². The largest absolute Gasteiger partial charge is 0.396 e. The van der Waals surface area contributed by atoms with E-state index in [1.54, 1.807) is 0 Å². The van der Waals surface area contributed by atoms with Gasteiger partial charge in [0.25, 0.3) is 0 Å². The number of pyridine rings is 1. The molecule has 88 valence electrons. The van der Waals surface area contributed by atoms with E-state index in [9.17, 15) is 0 Å². The molecule has 0 unspecified atom stereocenters. The lowest BCUT2D eigenvalue weighted by atomic mass is 10.2. The van der Waals surface area contributed by atoms with Crippen LogP contribution in [0.1, 0.15) is 11.3 Å². The average Bonchev–Trinajstić information content (AvgIpc) is 2.32. The van der Waals surface area contributed by atoms with Crippen LogP contribution < -0.4 is 10.6 Å². The van der Waals surface area contributed by atoms with Gasteiger partial charge in [-0.3, -0.25) is 0 Å². The molecule has 0 fully saturated rings. The Labute approximate surface area is 102 Å². The van der Waals surface area contributed by atoms with Crippen molar-refractivity contribution in [2.75, 3.05) is 17.7 Å². The van der Waals surface area contributed by atoms with Gasteiger partial charge >= 0.3 is 0 Å². The average molecular weight is 227 g/mol. The van der Waals surface area contributed by atoms with Gasteiger partial charge in [0.05, 0.1) is 5.69 Å². The van der Waals surface area contributed by atoms with Crippen molar-refractivity contribution >= 4 is 17.2 Å². The van der Waals surface area contributed by atoms with E-state index in [4.69, 9.17) is 5.73 Å². The van der Waals surface area contributed by atoms with E-state index in [1.807, 2.05) is 43.1 Å². The van der Waals surface area contributed by atoms with Gasteiger partial charge in [-0.15, -0.1) is 0 Å². The van der Waals surface area contributed by atoms with Crippen molar-refractivity contribution in [2.45, 2.75) is 13.8 Å². The minimum atomic E-state index is 0.696. The molecule has 0 atom stereocenters. The molecule has 1 heterocycles. The molecular weight excluding hydrogens is 210 g/mol. The first kappa shape index (κ1) is 11.5. The third-order valence-corrected chi connectivity index (χ3v) is 2.84. The van der Waals surface area contributed by atoms with Gasteiger partial charge in [0, 0.05) is 18.4 Å². The number of rotatable bonds is 2. The molecule has 3 heteroatoms. The first-order chi connectivity index (χ1) is 8.09. The number of aromatic nitrogens is 1. The molecule has 0 aliphatic rings. The highest BCUT2D eigenvalue weighted by molar-refractivity contribution is 5.72. The van der Waals surface area contributed by atoms with Gasteiger partial charge in [0.15, 0.2) is 5.82 Å². The van der Waals surface area contributed by atoms with Crippen LogP contribution in [-0.4, -0.2) is 12.0 Å². The van der Waals surface area contributed by atoms with Crippen LogP contribution in [0, 0.1) is 13.8 Å². The van der Waals surface area contributed by atoms with Crippen LogP contribution in [0.15, 0.2) is 36.4 Å². The van der Waals surface area contributed by atoms with Gasteiger partial charge < -0.3 is 10.6 Å². The van der Waals surface area contributed by atoms with Gasteiger partial charge in [-0.2, -0.15) is 0 Å². The molecule has 17 heavy (non-hydrogen) atoms. The van der Waals surface area contributed by atoms with E-state index in [1.165, 1.54) is 5.56 Å². The van der Waals surface area contributed by atoms with Gasteiger partial charge in [0.1, 0.15) is 0 Å². The van der Waals surface area contributed by atoms with Crippen LogP contribution in [0.4, 0.5) is 17.2 Å². The van der Waals surface area contributed by atoms with Crippen molar-refractivity contribution in [1.29, 1.82) is 0 Å². The van der Waals surface area contributed by atoms with Crippen LogP contribution in [0.25, 0.3) is 0 Å². The van der Waals surface area contributed by atoms with Crippen molar-refractivity contribution in [2.24, 2.45) is 0 Å². The standard InChI is InChI=1S/C14H17N3/c1-10-6-4-5-7-13(10)17(3)14-12(15)9-8-11(2)16-14/h4-9H,15H2,1-3H3. The summed E-state index contributed by atoms with van der Waals surface area (Å²) in [7, 11) is 1.99. The van der Waals surface area contributed by atoms with Crippen molar-refractivity contribution in [3.8, 4) is 0 Å². The predicted molar refractivity (Wildman–Crippen MR) is 72.6 cm³/mol. The van der Waals surface area contributed by atoms with Gasteiger partial charge in [-0.1, -0.05) is 18.2 Å². The fourth-order valence-corrected chi connectivity index (χ4v) is 1.88. The van der Waals surface area contributed by atoms with E-state index < -0.39 is 0 Å². The SMILES string of the molecule is Cc1ccc(N)c(N(C)c2ccccc2C)n1. The minimum absolute atomic E-state index is 0.696. The highest BCUT2D eigenvalue weighted by Crippen LogP contribution is 2.29. The van der Waals surface area contributed by atoms with Crippen LogP contribution in [-0.2, 0) is 0 Å². The second-order valence-corrected chi connectivity index (χ2v) is 4.21. The van der Waals surface area contributed by atoms with E-state index in [0.717, 1.165) is 17.2 Å². The Balaban J connectivity index is 2.47. The van der Waals surface area contributed by atoms with E-state index in [0.29, 0.717) is 5.69 Å². The zero-order chi connectivity index (χ0) is 12.4. The smallest absolute Gasteiger partial charge is 0.156 e. The molecule has 0 bridgehead atoms. The number of aryl methyl sites for hydroxylation is 2. The molecule has 2 aromatic rings. The number of nitrogen functional groups attached to an aromatic ring is 1. The summed E-state index contributed by atoms with van der Waals surface area (Å²) in [6, 6.07) is 12.0. The van der Waals surface area contributed by atoms with Crippen molar-refractivity contribution in [3.63, 3.8) is 0 Å².